The molecule has 1 heterocycles. The van der Waals surface area contributed by atoms with Gasteiger partial charge in [0.15, 0.2) is 0 Å². The quantitative estimate of drug-likeness (QED) is 0.861. The van der Waals surface area contributed by atoms with Crippen LogP contribution in [0.3, 0.4) is 0 Å². The molecule has 18 heavy (non-hydrogen) atoms. The largest absolute Gasteiger partial charge is 0.392 e. The molecule has 0 bridgehead atoms. The first-order valence-electron chi connectivity index (χ1n) is 7.08. The standard InChI is InChI=1S/C15H24N2O/c1-2-11-5-3-6-12(9-11)14(18)10-13-7-4-8-17-15(13)16/h4,7-8,11-12,14,18H,2-3,5-6,9-10H2,1H3,(H2,16,17). The topological polar surface area (TPSA) is 59.1 Å². The Hall–Kier alpha value is -1.09. The molecular weight excluding hydrogens is 224 g/mol. The molecule has 0 saturated heterocycles. The van der Waals surface area contributed by atoms with Gasteiger partial charge in [0.25, 0.3) is 0 Å². The van der Waals surface area contributed by atoms with Crippen LogP contribution in [-0.2, 0) is 6.42 Å². The number of rotatable bonds is 4. The zero-order valence-electron chi connectivity index (χ0n) is 11.2. The number of nitrogens with zero attached hydrogens (tertiary/aromatic N) is 1. The van der Waals surface area contributed by atoms with E-state index in [9.17, 15) is 5.11 Å². The van der Waals surface area contributed by atoms with Gasteiger partial charge in [-0.3, -0.25) is 0 Å². The van der Waals surface area contributed by atoms with Crippen molar-refractivity contribution in [2.75, 3.05) is 5.73 Å². The van der Waals surface area contributed by atoms with E-state index >= 15 is 0 Å². The summed E-state index contributed by atoms with van der Waals surface area (Å²) >= 11 is 0. The van der Waals surface area contributed by atoms with Crippen molar-refractivity contribution < 1.29 is 5.11 Å². The molecule has 1 saturated carbocycles. The monoisotopic (exact) mass is 248 g/mol. The van der Waals surface area contributed by atoms with E-state index in [1.807, 2.05) is 12.1 Å². The lowest BCUT2D eigenvalue weighted by atomic mass is 9.76. The molecule has 0 aliphatic heterocycles. The Bertz CT molecular complexity index is 381. The maximum atomic E-state index is 10.4. The normalized spacial score (nSPS) is 25.9. The van der Waals surface area contributed by atoms with E-state index in [0.29, 0.717) is 18.2 Å². The predicted octanol–water partition coefficient (Wildman–Crippen LogP) is 2.78. The van der Waals surface area contributed by atoms with Crippen LogP contribution in [0.4, 0.5) is 5.82 Å². The van der Waals surface area contributed by atoms with Crippen LogP contribution in [0.1, 0.15) is 44.6 Å². The Kier molecular flexibility index (Phi) is 4.59. The molecule has 1 aromatic heterocycles. The molecule has 0 spiro atoms. The molecule has 3 heteroatoms. The van der Waals surface area contributed by atoms with Crippen LogP contribution in [-0.4, -0.2) is 16.2 Å². The minimum absolute atomic E-state index is 0.272. The predicted molar refractivity (Wildman–Crippen MR) is 74.1 cm³/mol. The number of aliphatic hydroxyl groups is 1. The highest BCUT2D eigenvalue weighted by molar-refractivity contribution is 5.38. The van der Waals surface area contributed by atoms with Crippen LogP contribution in [0.2, 0.25) is 0 Å². The Morgan fingerprint density at radius 2 is 2.33 bits per heavy atom. The molecule has 0 amide bonds. The third kappa shape index (κ3) is 3.22. The Labute approximate surface area is 109 Å². The van der Waals surface area contributed by atoms with Crippen LogP contribution in [0.5, 0.6) is 0 Å². The van der Waals surface area contributed by atoms with Crippen LogP contribution >= 0.6 is 0 Å². The van der Waals surface area contributed by atoms with Crippen molar-refractivity contribution in [2.24, 2.45) is 11.8 Å². The highest BCUT2D eigenvalue weighted by atomic mass is 16.3. The zero-order chi connectivity index (χ0) is 13.0. The summed E-state index contributed by atoms with van der Waals surface area (Å²) < 4.78 is 0. The first kappa shape index (κ1) is 13.3. The van der Waals surface area contributed by atoms with Crippen molar-refractivity contribution in [3.05, 3.63) is 23.9 Å². The van der Waals surface area contributed by atoms with Crippen LogP contribution < -0.4 is 5.73 Å². The molecule has 1 aliphatic rings. The van der Waals surface area contributed by atoms with Crippen LogP contribution in [0, 0.1) is 11.8 Å². The van der Waals surface area contributed by atoms with Crippen molar-refractivity contribution in [2.45, 2.75) is 51.6 Å². The number of hydrogen-bond acceptors (Lipinski definition) is 3. The third-order valence-corrected chi connectivity index (χ3v) is 4.30. The summed E-state index contributed by atoms with van der Waals surface area (Å²) in [6.07, 6.45) is 8.19. The number of pyridine rings is 1. The van der Waals surface area contributed by atoms with Gasteiger partial charge >= 0.3 is 0 Å². The molecule has 2 rings (SSSR count). The summed E-state index contributed by atoms with van der Waals surface area (Å²) in [6, 6.07) is 3.85. The average molecular weight is 248 g/mol. The van der Waals surface area contributed by atoms with Gasteiger partial charge in [-0.25, -0.2) is 4.98 Å². The Balaban J connectivity index is 1.95. The van der Waals surface area contributed by atoms with E-state index in [2.05, 4.69) is 11.9 Å². The van der Waals surface area contributed by atoms with E-state index < -0.39 is 0 Å². The summed E-state index contributed by atoms with van der Waals surface area (Å²) in [5.74, 6) is 1.78. The molecule has 0 radical (unpaired) electrons. The first-order valence-corrected chi connectivity index (χ1v) is 7.08. The maximum Gasteiger partial charge on any atom is 0.126 e. The molecule has 3 unspecified atom stereocenters. The molecule has 1 aromatic rings. The smallest absolute Gasteiger partial charge is 0.126 e. The molecule has 100 valence electrons. The molecule has 3 nitrogen and oxygen atoms in total. The van der Waals surface area contributed by atoms with Crippen molar-refractivity contribution in [3.63, 3.8) is 0 Å². The van der Waals surface area contributed by atoms with Crippen LogP contribution in [0.25, 0.3) is 0 Å². The van der Waals surface area contributed by atoms with E-state index in [1.54, 1.807) is 6.20 Å². The highest BCUT2D eigenvalue weighted by Crippen LogP contribution is 2.34. The number of nitrogen functional groups attached to an aromatic ring is 1. The molecule has 1 fully saturated rings. The lowest BCUT2D eigenvalue weighted by molar-refractivity contribution is 0.0685. The second-order valence-corrected chi connectivity index (χ2v) is 5.52. The van der Waals surface area contributed by atoms with E-state index in [-0.39, 0.29) is 6.10 Å². The van der Waals surface area contributed by atoms with Gasteiger partial charge in [0.1, 0.15) is 5.82 Å². The zero-order valence-corrected chi connectivity index (χ0v) is 11.2. The minimum atomic E-state index is -0.272. The van der Waals surface area contributed by atoms with E-state index in [1.165, 1.54) is 19.3 Å². The fourth-order valence-corrected chi connectivity index (χ4v) is 3.07. The molecular formula is C15H24N2O. The van der Waals surface area contributed by atoms with E-state index in [0.717, 1.165) is 24.3 Å². The van der Waals surface area contributed by atoms with Gasteiger partial charge in [0.05, 0.1) is 6.10 Å². The minimum Gasteiger partial charge on any atom is -0.392 e. The first-order chi connectivity index (χ1) is 8.70. The number of nitrogens with two attached hydrogens (primary N) is 1. The summed E-state index contributed by atoms with van der Waals surface area (Å²) in [4.78, 5) is 4.08. The lowest BCUT2D eigenvalue weighted by Crippen LogP contribution is -2.28. The molecule has 1 aliphatic carbocycles. The number of anilines is 1. The van der Waals surface area contributed by atoms with Crippen molar-refractivity contribution >= 4 is 5.82 Å². The van der Waals surface area contributed by atoms with E-state index in [4.69, 9.17) is 5.73 Å². The average Bonchev–Trinajstić information content (AvgIpc) is 2.41. The number of hydrogen-bond donors (Lipinski definition) is 2. The fourth-order valence-electron chi connectivity index (χ4n) is 3.07. The third-order valence-electron chi connectivity index (χ3n) is 4.30. The van der Waals surface area contributed by atoms with Gasteiger partial charge < -0.3 is 10.8 Å². The lowest BCUT2D eigenvalue weighted by Gasteiger charge is -2.31. The number of aromatic nitrogens is 1. The van der Waals surface area contributed by atoms with Crippen molar-refractivity contribution in [1.29, 1.82) is 0 Å². The Morgan fingerprint density at radius 3 is 3.06 bits per heavy atom. The van der Waals surface area contributed by atoms with Crippen molar-refractivity contribution in [3.8, 4) is 0 Å². The van der Waals surface area contributed by atoms with Gasteiger partial charge in [-0.05, 0) is 36.3 Å². The highest BCUT2D eigenvalue weighted by Gasteiger charge is 2.26. The fraction of sp³-hybridized carbons (Fsp3) is 0.667. The van der Waals surface area contributed by atoms with Gasteiger partial charge in [-0.15, -0.1) is 0 Å². The van der Waals surface area contributed by atoms with Gasteiger partial charge in [0, 0.05) is 12.6 Å². The van der Waals surface area contributed by atoms with Crippen LogP contribution in [0.15, 0.2) is 18.3 Å². The maximum absolute atomic E-state index is 10.4. The molecule has 3 atom stereocenters. The number of aliphatic hydroxyl groups excluding tert-OH is 1. The van der Waals surface area contributed by atoms with Gasteiger partial charge in [-0.2, -0.15) is 0 Å². The summed E-state index contributed by atoms with van der Waals surface area (Å²) in [5, 5.41) is 10.4. The van der Waals surface area contributed by atoms with Gasteiger partial charge in [0.2, 0.25) is 0 Å². The van der Waals surface area contributed by atoms with Gasteiger partial charge in [-0.1, -0.05) is 32.3 Å². The summed E-state index contributed by atoms with van der Waals surface area (Å²) in [6.45, 7) is 2.25. The second kappa shape index (κ2) is 6.19. The van der Waals surface area contributed by atoms with Crippen molar-refractivity contribution in [1.82, 2.24) is 4.98 Å². The second-order valence-electron chi connectivity index (χ2n) is 5.52. The Morgan fingerprint density at radius 1 is 1.50 bits per heavy atom. The summed E-state index contributed by atoms with van der Waals surface area (Å²) in [5.41, 5.74) is 6.81. The SMILES string of the molecule is CCC1CCCC(C(O)Cc2cccnc2N)C1. The summed E-state index contributed by atoms with van der Waals surface area (Å²) in [7, 11) is 0. The molecule has 3 N–H and O–H groups in total. The molecule has 0 aromatic carbocycles.